The number of ether oxygens (including phenoxy) is 1. The van der Waals surface area contributed by atoms with Crippen LogP contribution in [0.15, 0.2) is 146 Å². The highest BCUT2D eigenvalue weighted by Crippen LogP contribution is 2.30. The number of nitrogens with one attached hydrogen (secondary N) is 2. The molecule has 5 aromatic carbocycles. The van der Waals surface area contributed by atoms with Crippen LogP contribution in [-0.4, -0.2) is 31.7 Å². The first-order valence-electron chi connectivity index (χ1n) is 16.7. The topological polar surface area (TPSA) is 50.4 Å². The van der Waals surface area contributed by atoms with Crippen molar-refractivity contribution < 1.29 is 22.7 Å². The Hall–Kier alpha value is -4.14. The van der Waals surface area contributed by atoms with Gasteiger partial charge in [0.15, 0.2) is 0 Å². The molecule has 51 heavy (non-hydrogen) atoms. The van der Waals surface area contributed by atoms with Crippen LogP contribution in [0.3, 0.4) is 0 Å². The van der Waals surface area contributed by atoms with Crippen molar-refractivity contribution >= 4 is 30.8 Å². The normalized spacial score (nSPS) is 12.0. The van der Waals surface area contributed by atoms with Gasteiger partial charge in [0, 0.05) is 24.5 Å². The molecule has 4 nitrogen and oxygen atoms in total. The number of halogens is 5. The van der Waals surface area contributed by atoms with Gasteiger partial charge in [0.25, 0.3) is 0 Å². The summed E-state index contributed by atoms with van der Waals surface area (Å²) in [5.41, 5.74) is 4.56. The van der Waals surface area contributed by atoms with Crippen LogP contribution >= 0.6 is 24.8 Å². The lowest BCUT2D eigenvalue weighted by atomic mass is 9.88. The predicted octanol–water partition coefficient (Wildman–Crippen LogP) is 10.5. The maximum atomic E-state index is 12.7. The minimum atomic E-state index is -4.34. The van der Waals surface area contributed by atoms with Gasteiger partial charge in [0.1, 0.15) is 6.61 Å². The van der Waals surface area contributed by atoms with Gasteiger partial charge >= 0.3 is 12.1 Å². The molecular weight excluding hydrogens is 692 g/mol. The Bertz CT molecular complexity index is 1620. The highest BCUT2D eigenvalue weighted by atomic mass is 35.5. The Balaban J connectivity index is 0.000000340. The number of hydrogen-bond donors (Lipinski definition) is 2. The summed E-state index contributed by atoms with van der Waals surface area (Å²) in [5.74, 6) is 0.0378. The maximum absolute atomic E-state index is 12.7. The van der Waals surface area contributed by atoms with Crippen LogP contribution in [0.5, 0.6) is 0 Å². The third-order valence-electron chi connectivity index (χ3n) is 8.22. The van der Waals surface area contributed by atoms with E-state index in [1.54, 1.807) is 30.3 Å². The molecule has 2 atom stereocenters. The second kappa shape index (κ2) is 22.6. The molecule has 0 spiro atoms. The lowest BCUT2D eigenvalue weighted by Gasteiger charge is -2.20. The standard InChI is InChI=1S/C23H25N.C19H20F3NO2.2ClH/c1-19(20-11-5-2-6-12-20)24-18-17-23(21-13-7-3-8-14-21)22-15-9-4-10-16-22;1-14(12-15-6-5-9-17(13-15)19(20,21)22)23-10-11-25-18(24)16-7-3-2-4-8-16;;/h2-16,19,23-24H,17-18H2,1H3;2-9,13-14,23H,10-12H2,1H3;2*1H. The molecule has 0 fully saturated rings. The average molecular weight is 740 g/mol. The van der Waals surface area contributed by atoms with Gasteiger partial charge in [-0.15, -0.1) is 24.8 Å². The zero-order valence-electron chi connectivity index (χ0n) is 28.9. The van der Waals surface area contributed by atoms with E-state index in [2.05, 4.69) is 109 Å². The number of rotatable bonds is 14. The molecule has 0 radical (unpaired) electrons. The molecular formula is C42H47Cl2F3N2O2. The first-order chi connectivity index (χ1) is 23.7. The molecule has 0 aliphatic carbocycles. The summed E-state index contributed by atoms with van der Waals surface area (Å²) in [7, 11) is 0. The third kappa shape index (κ3) is 14.9. The number of alkyl halides is 3. The summed E-state index contributed by atoms with van der Waals surface area (Å²) in [5, 5.41) is 6.81. The van der Waals surface area contributed by atoms with Gasteiger partial charge in [-0.3, -0.25) is 0 Å². The zero-order chi connectivity index (χ0) is 34.9. The van der Waals surface area contributed by atoms with E-state index in [9.17, 15) is 18.0 Å². The Kier molecular flexibility index (Phi) is 19.1. The maximum Gasteiger partial charge on any atom is 0.416 e. The third-order valence-corrected chi connectivity index (χ3v) is 8.22. The van der Waals surface area contributed by atoms with E-state index in [-0.39, 0.29) is 37.5 Å². The molecule has 272 valence electrons. The summed E-state index contributed by atoms with van der Waals surface area (Å²) in [6.07, 6.45) is -2.79. The fourth-order valence-electron chi connectivity index (χ4n) is 5.61. The number of benzene rings is 5. The highest BCUT2D eigenvalue weighted by molar-refractivity contribution is 5.89. The van der Waals surface area contributed by atoms with Crippen LogP contribution in [0.25, 0.3) is 0 Å². The van der Waals surface area contributed by atoms with Gasteiger partial charge in [-0.05, 0) is 73.7 Å². The number of carbonyl (C=O) groups is 1. The molecule has 0 aromatic heterocycles. The highest BCUT2D eigenvalue weighted by Gasteiger charge is 2.30. The number of esters is 1. The molecule has 0 bridgehead atoms. The quantitative estimate of drug-likeness (QED) is 0.0880. The van der Waals surface area contributed by atoms with Crippen molar-refractivity contribution in [3.05, 3.63) is 179 Å². The molecule has 2 unspecified atom stereocenters. The summed E-state index contributed by atoms with van der Waals surface area (Å²) in [4.78, 5) is 11.8. The molecule has 0 heterocycles. The van der Waals surface area contributed by atoms with Crippen molar-refractivity contribution in [2.24, 2.45) is 0 Å². The Morgan fingerprint density at radius 3 is 1.69 bits per heavy atom. The van der Waals surface area contributed by atoms with E-state index >= 15 is 0 Å². The van der Waals surface area contributed by atoms with Crippen LogP contribution in [0.2, 0.25) is 0 Å². The lowest BCUT2D eigenvalue weighted by Crippen LogP contribution is -2.31. The van der Waals surface area contributed by atoms with Gasteiger partial charge in [0.05, 0.1) is 11.1 Å². The van der Waals surface area contributed by atoms with Crippen LogP contribution in [0.1, 0.15) is 70.4 Å². The van der Waals surface area contributed by atoms with Gasteiger partial charge in [-0.1, -0.05) is 127 Å². The van der Waals surface area contributed by atoms with E-state index in [4.69, 9.17) is 4.74 Å². The summed E-state index contributed by atoms with van der Waals surface area (Å²) >= 11 is 0. The minimum Gasteiger partial charge on any atom is -0.461 e. The van der Waals surface area contributed by atoms with E-state index in [1.807, 2.05) is 13.0 Å². The van der Waals surface area contributed by atoms with Gasteiger partial charge < -0.3 is 15.4 Å². The largest absolute Gasteiger partial charge is 0.461 e. The average Bonchev–Trinajstić information content (AvgIpc) is 3.13. The second-order valence-corrected chi connectivity index (χ2v) is 12.0. The molecule has 5 rings (SSSR count). The predicted molar refractivity (Wildman–Crippen MR) is 206 cm³/mol. The van der Waals surface area contributed by atoms with Gasteiger partial charge in [-0.25, -0.2) is 4.79 Å². The van der Waals surface area contributed by atoms with E-state index in [1.165, 1.54) is 22.8 Å². The van der Waals surface area contributed by atoms with Crippen molar-refractivity contribution in [1.29, 1.82) is 0 Å². The minimum absolute atomic E-state index is 0. The van der Waals surface area contributed by atoms with Crippen molar-refractivity contribution in [3.8, 4) is 0 Å². The van der Waals surface area contributed by atoms with E-state index in [0.717, 1.165) is 25.1 Å². The van der Waals surface area contributed by atoms with Gasteiger partial charge in [0.2, 0.25) is 0 Å². The van der Waals surface area contributed by atoms with Crippen molar-refractivity contribution in [1.82, 2.24) is 10.6 Å². The SMILES string of the molecule is CC(Cc1cccc(C(F)(F)F)c1)NCCOC(=O)c1ccccc1.CC(NCCC(c1ccccc1)c1ccccc1)c1ccccc1.Cl.Cl. The number of carbonyl (C=O) groups excluding carboxylic acids is 1. The van der Waals surface area contributed by atoms with Crippen LogP contribution < -0.4 is 10.6 Å². The first-order valence-corrected chi connectivity index (χ1v) is 16.7. The molecule has 0 aliphatic rings. The monoisotopic (exact) mass is 738 g/mol. The fourth-order valence-corrected chi connectivity index (χ4v) is 5.61. The van der Waals surface area contributed by atoms with Crippen LogP contribution in [0.4, 0.5) is 13.2 Å². The fraction of sp³-hybridized carbons (Fsp3) is 0.262. The molecule has 0 aliphatic heterocycles. The van der Waals surface area contributed by atoms with Crippen LogP contribution in [0, 0.1) is 0 Å². The number of hydrogen-bond acceptors (Lipinski definition) is 4. The smallest absolute Gasteiger partial charge is 0.416 e. The molecule has 9 heteroatoms. The van der Waals surface area contributed by atoms with Crippen LogP contribution in [-0.2, 0) is 17.3 Å². The zero-order valence-corrected chi connectivity index (χ0v) is 30.5. The van der Waals surface area contributed by atoms with Crippen molar-refractivity contribution in [2.75, 3.05) is 19.7 Å². The van der Waals surface area contributed by atoms with E-state index in [0.29, 0.717) is 36.1 Å². The Morgan fingerprint density at radius 1 is 0.647 bits per heavy atom. The molecule has 2 N–H and O–H groups in total. The second-order valence-electron chi connectivity index (χ2n) is 12.0. The van der Waals surface area contributed by atoms with Gasteiger partial charge in [-0.2, -0.15) is 13.2 Å². The van der Waals surface area contributed by atoms with Crippen molar-refractivity contribution in [2.45, 2.75) is 50.9 Å². The Labute approximate surface area is 312 Å². The molecule has 0 saturated carbocycles. The first kappa shape index (κ1) is 43.0. The van der Waals surface area contributed by atoms with Crippen molar-refractivity contribution in [3.63, 3.8) is 0 Å². The lowest BCUT2D eigenvalue weighted by molar-refractivity contribution is -0.137. The summed E-state index contributed by atoms with van der Waals surface area (Å²) in [6, 6.07) is 46.6. The molecule has 0 amide bonds. The van der Waals surface area contributed by atoms with E-state index < -0.39 is 17.7 Å². The molecule has 5 aromatic rings. The summed E-state index contributed by atoms with van der Waals surface area (Å²) in [6.45, 7) is 5.72. The summed E-state index contributed by atoms with van der Waals surface area (Å²) < 4.78 is 43.3. The molecule has 0 saturated heterocycles. The Morgan fingerprint density at radius 2 is 1.16 bits per heavy atom.